The topological polar surface area (TPSA) is 135 Å². The van der Waals surface area contributed by atoms with Gasteiger partial charge in [-0.15, -0.1) is 9.46 Å². The van der Waals surface area contributed by atoms with E-state index >= 15 is 0 Å². The van der Waals surface area contributed by atoms with E-state index in [-0.39, 0.29) is 5.84 Å². The maximum Gasteiger partial charge on any atom is 0.419 e. The molecule has 5 N–H and O–H groups in total. The van der Waals surface area contributed by atoms with E-state index in [2.05, 4.69) is 14.6 Å². The zero-order chi connectivity index (χ0) is 15.5. The summed E-state index contributed by atoms with van der Waals surface area (Å²) in [5, 5.41) is 8.90. The van der Waals surface area contributed by atoms with Crippen LogP contribution in [0.25, 0.3) is 0 Å². The van der Waals surface area contributed by atoms with Crippen LogP contribution >= 0.6 is 0 Å². The zero-order valence-corrected chi connectivity index (χ0v) is 12.3. The Morgan fingerprint density at radius 3 is 2.33 bits per heavy atom. The predicted molar refractivity (Wildman–Crippen MR) is 74.1 cm³/mol. The Labute approximate surface area is 123 Å². The molecule has 0 aromatic carbocycles. The fourth-order valence-corrected chi connectivity index (χ4v) is 2.64. The first-order chi connectivity index (χ1) is 9.87. The normalized spacial score (nSPS) is 22.4. The largest absolute Gasteiger partial charge is 0.419 e. The molecule has 0 atom stereocenters. The van der Waals surface area contributed by atoms with Crippen molar-refractivity contribution in [3.05, 3.63) is 11.9 Å². The van der Waals surface area contributed by atoms with E-state index < -0.39 is 10.4 Å². The van der Waals surface area contributed by atoms with Gasteiger partial charge in [0.05, 0.1) is 0 Å². The van der Waals surface area contributed by atoms with Crippen molar-refractivity contribution in [3.8, 4) is 0 Å². The minimum Gasteiger partial charge on any atom is -0.357 e. The lowest BCUT2D eigenvalue weighted by Gasteiger charge is -2.38. The molecule has 120 valence electrons. The second-order valence-corrected chi connectivity index (χ2v) is 5.91. The molecule has 2 heterocycles. The van der Waals surface area contributed by atoms with Gasteiger partial charge in [0.1, 0.15) is 5.82 Å². The van der Waals surface area contributed by atoms with Gasteiger partial charge >= 0.3 is 10.4 Å². The van der Waals surface area contributed by atoms with Gasteiger partial charge in [0, 0.05) is 19.2 Å². The summed E-state index contributed by atoms with van der Waals surface area (Å²) >= 11 is 0. The average molecular weight is 320 g/mol. The van der Waals surface area contributed by atoms with Crippen LogP contribution < -0.4 is 11.3 Å². The van der Waals surface area contributed by atoms with Crippen LogP contribution in [0.1, 0.15) is 32.1 Å². The number of nitrogens with one attached hydrogen (secondary N) is 2. The number of hydrazine groups is 3. The van der Waals surface area contributed by atoms with Crippen molar-refractivity contribution in [2.75, 3.05) is 13.1 Å². The Hall–Kier alpha value is -1.40. The molecule has 10 nitrogen and oxygen atoms in total. The minimum atomic E-state index is -4.76. The van der Waals surface area contributed by atoms with Crippen LogP contribution in [0.2, 0.25) is 0 Å². The van der Waals surface area contributed by atoms with Gasteiger partial charge in [-0.05, 0) is 18.1 Å². The molecule has 0 aromatic heterocycles. The van der Waals surface area contributed by atoms with Crippen LogP contribution in [0, 0.1) is 5.41 Å². The Morgan fingerprint density at radius 1 is 1.24 bits per heavy atom. The Morgan fingerprint density at radius 2 is 1.81 bits per heavy atom. The molecule has 0 spiro atoms. The maximum absolute atomic E-state index is 10.7. The SMILES string of the molecule is N=C1C=C(N2CCCCCCC2)NN(N)N1OS(=O)(=O)O. The van der Waals surface area contributed by atoms with Gasteiger partial charge in [0.2, 0.25) is 0 Å². The van der Waals surface area contributed by atoms with E-state index in [1.54, 1.807) is 0 Å². The molecule has 0 aromatic rings. The lowest BCUT2D eigenvalue weighted by atomic mass is 10.1. The van der Waals surface area contributed by atoms with Gasteiger partial charge in [0.25, 0.3) is 0 Å². The van der Waals surface area contributed by atoms with Crippen molar-refractivity contribution in [3.63, 3.8) is 0 Å². The van der Waals surface area contributed by atoms with Crippen LogP contribution in [0.5, 0.6) is 0 Å². The van der Waals surface area contributed by atoms with Gasteiger partial charge in [0.15, 0.2) is 5.84 Å². The monoisotopic (exact) mass is 320 g/mol. The highest BCUT2D eigenvalue weighted by atomic mass is 32.3. The third-order valence-corrected chi connectivity index (χ3v) is 3.60. The molecule has 0 aliphatic carbocycles. The Bertz CT molecular complexity index is 514. The van der Waals surface area contributed by atoms with E-state index in [0.29, 0.717) is 16.2 Å². The van der Waals surface area contributed by atoms with E-state index in [1.165, 1.54) is 12.5 Å². The molecule has 21 heavy (non-hydrogen) atoms. The summed E-state index contributed by atoms with van der Waals surface area (Å²) in [5.74, 6) is 5.87. The molecule has 0 saturated carbocycles. The Kier molecular flexibility index (Phi) is 5.00. The fourth-order valence-electron chi connectivity index (χ4n) is 2.31. The number of hydrogen-bond acceptors (Lipinski definition) is 8. The molecule has 0 radical (unpaired) electrons. The molecule has 2 rings (SSSR count). The predicted octanol–water partition coefficient (Wildman–Crippen LogP) is -0.284. The van der Waals surface area contributed by atoms with Crippen molar-refractivity contribution < 1.29 is 17.3 Å². The van der Waals surface area contributed by atoms with E-state index in [4.69, 9.17) is 15.8 Å². The number of nitrogens with zero attached hydrogens (tertiary/aromatic N) is 3. The molecule has 11 heteroatoms. The number of hydrogen-bond donors (Lipinski definition) is 4. The number of likely N-dealkylation sites (tertiary alicyclic amines) is 1. The Balaban J connectivity index is 2.08. The summed E-state index contributed by atoms with van der Waals surface area (Å²) in [5.41, 5.74) is 2.72. The lowest BCUT2D eigenvalue weighted by Crippen LogP contribution is -2.61. The van der Waals surface area contributed by atoms with Crippen LogP contribution in [-0.2, 0) is 14.7 Å². The molecular weight excluding hydrogens is 300 g/mol. The smallest absolute Gasteiger partial charge is 0.357 e. The van der Waals surface area contributed by atoms with Gasteiger partial charge < -0.3 is 4.90 Å². The summed E-state index contributed by atoms with van der Waals surface area (Å²) in [6.45, 7) is 1.66. The maximum atomic E-state index is 10.7. The molecule has 0 bridgehead atoms. The molecule has 1 saturated heterocycles. The number of amidine groups is 1. The molecule has 0 unspecified atom stereocenters. The highest BCUT2D eigenvalue weighted by molar-refractivity contribution is 7.80. The molecule has 2 aliphatic rings. The standard InChI is InChI=1S/C10H20N6O4S/c11-9-8-10(14-6-4-2-1-3-5-7-14)13-16(12)15(9)20-21(17,18)19/h8,11,13H,1-7,12H2,(H,17,18,19). The van der Waals surface area contributed by atoms with Crippen LogP contribution in [0.15, 0.2) is 11.9 Å². The zero-order valence-electron chi connectivity index (χ0n) is 11.5. The van der Waals surface area contributed by atoms with Crippen LogP contribution in [0.3, 0.4) is 0 Å². The van der Waals surface area contributed by atoms with Crippen molar-refractivity contribution in [1.29, 1.82) is 5.41 Å². The van der Waals surface area contributed by atoms with E-state index in [9.17, 15) is 8.42 Å². The summed E-state index contributed by atoms with van der Waals surface area (Å²) in [6, 6.07) is 0. The second-order valence-electron chi connectivity index (χ2n) is 4.90. The van der Waals surface area contributed by atoms with Gasteiger partial charge in [-0.3, -0.25) is 15.4 Å². The fraction of sp³-hybridized carbons (Fsp3) is 0.700. The van der Waals surface area contributed by atoms with Crippen molar-refractivity contribution in [1.82, 2.24) is 20.7 Å². The quantitative estimate of drug-likeness (QED) is 0.409. The second kappa shape index (κ2) is 6.58. The summed E-state index contributed by atoms with van der Waals surface area (Å²) in [4.78, 5) is 2.05. The van der Waals surface area contributed by atoms with Crippen molar-refractivity contribution >= 4 is 16.2 Å². The molecule has 1 fully saturated rings. The first kappa shape index (κ1) is 16.0. The highest BCUT2D eigenvalue weighted by Crippen LogP contribution is 2.16. The summed E-state index contributed by atoms with van der Waals surface area (Å²) in [6.07, 6.45) is 7.03. The van der Waals surface area contributed by atoms with Crippen molar-refractivity contribution in [2.24, 2.45) is 5.84 Å². The average Bonchev–Trinajstić information content (AvgIpc) is 2.32. The van der Waals surface area contributed by atoms with Crippen molar-refractivity contribution in [2.45, 2.75) is 32.1 Å². The highest BCUT2D eigenvalue weighted by Gasteiger charge is 2.29. The summed E-state index contributed by atoms with van der Waals surface area (Å²) in [7, 11) is -4.76. The van der Waals surface area contributed by atoms with E-state index in [1.807, 2.05) is 0 Å². The third kappa shape index (κ3) is 4.54. The summed E-state index contributed by atoms with van der Waals surface area (Å²) < 4.78 is 34.3. The van der Waals surface area contributed by atoms with Gasteiger partial charge in [-0.25, -0.2) is 5.84 Å². The lowest BCUT2D eigenvalue weighted by molar-refractivity contribution is -0.191. The number of nitrogens with two attached hydrogens (primary N) is 1. The van der Waals surface area contributed by atoms with Crippen LogP contribution in [-0.4, -0.2) is 47.2 Å². The first-order valence-corrected chi connectivity index (χ1v) is 8.07. The molecule has 0 amide bonds. The van der Waals surface area contributed by atoms with Crippen LogP contribution in [0.4, 0.5) is 0 Å². The molecular formula is C10H20N6O4S. The van der Waals surface area contributed by atoms with Gasteiger partial charge in [-0.1, -0.05) is 19.3 Å². The molecule has 2 aliphatic heterocycles. The number of hydroxylamine groups is 1. The minimum absolute atomic E-state index is 0.314. The van der Waals surface area contributed by atoms with Gasteiger partial charge in [-0.2, -0.15) is 8.42 Å². The third-order valence-electron chi connectivity index (χ3n) is 3.27. The van der Waals surface area contributed by atoms with E-state index in [0.717, 1.165) is 38.8 Å². The first-order valence-electron chi connectivity index (χ1n) is 6.70. The number of rotatable bonds is 3.